The van der Waals surface area contributed by atoms with Crippen molar-refractivity contribution in [3.63, 3.8) is 0 Å². The topological polar surface area (TPSA) is 0 Å². The summed E-state index contributed by atoms with van der Waals surface area (Å²) in [4.78, 5) is 0. The Bertz CT molecular complexity index is 1450. The van der Waals surface area contributed by atoms with Crippen molar-refractivity contribution in [2.24, 2.45) is 0 Å². The van der Waals surface area contributed by atoms with Crippen LogP contribution in [-0.4, -0.2) is 0 Å². The summed E-state index contributed by atoms with van der Waals surface area (Å²) in [6.07, 6.45) is 4.45. The van der Waals surface area contributed by atoms with Crippen LogP contribution < -0.4 is 0 Å². The van der Waals surface area contributed by atoms with E-state index in [2.05, 4.69) is 49.1 Å². The second-order valence-electron chi connectivity index (χ2n) is 9.05. The molecule has 0 radical (unpaired) electrons. The molecular formula is C32H26F2. The van der Waals surface area contributed by atoms with Crippen molar-refractivity contribution in [1.29, 1.82) is 0 Å². The summed E-state index contributed by atoms with van der Waals surface area (Å²) < 4.78 is 28.6. The van der Waals surface area contributed by atoms with Crippen LogP contribution in [0.3, 0.4) is 0 Å². The standard InChI is InChI=1S/C32H26F2/c1-3-4-5-22-8-14-29-27(16-22)18-28-17-23(9-15-30(28)29)7-11-24-12-13-26(20-32(24)34)25-10-6-21(2)31(33)19-25/h6,8-10,12-17,19-20H,3-5,18H2,1-2H3. The molecule has 0 spiro atoms. The van der Waals surface area contributed by atoms with Crippen LogP contribution in [-0.2, 0) is 12.8 Å². The largest absolute Gasteiger partial charge is 0.207 e. The van der Waals surface area contributed by atoms with Crippen molar-refractivity contribution >= 4 is 0 Å². The summed E-state index contributed by atoms with van der Waals surface area (Å²) in [5, 5.41) is 0. The van der Waals surface area contributed by atoms with Gasteiger partial charge >= 0.3 is 0 Å². The van der Waals surface area contributed by atoms with Gasteiger partial charge in [-0.05, 0) is 101 Å². The van der Waals surface area contributed by atoms with Gasteiger partial charge in [-0.3, -0.25) is 0 Å². The highest BCUT2D eigenvalue weighted by Crippen LogP contribution is 2.37. The summed E-state index contributed by atoms with van der Waals surface area (Å²) in [5.74, 6) is 5.40. The van der Waals surface area contributed by atoms with Gasteiger partial charge in [0.1, 0.15) is 11.6 Å². The molecule has 0 N–H and O–H groups in total. The fraction of sp³-hybridized carbons (Fsp3) is 0.188. The Morgan fingerprint density at radius 3 is 2.18 bits per heavy atom. The quantitative estimate of drug-likeness (QED) is 0.243. The van der Waals surface area contributed by atoms with Crippen molar-refractivity contribution in [2.75, 3.05) is 0 Å². The maximum Gasteiger partial charge on any atom is 0.139 e. The molecule has 0 saturated carbocycles. The minimum absolute atomic E-state index is 0.294. The SMILES string of the molecule is CCCCc1ccc2c(c1)Cc1cc(C#Cc3ccc(-c4ccc(C)c(F)c4)cc3F)ccc1-2. The average molecular weight is 449 g/mol. The molecule has 5 rings (SSSR count). The average Bonchev–Trinajstić information content (AvgIpc) is 3.20. The molecule has 0 unspecified atom stereocenters. The lowest BCUT2D eigenvalue weighted by Gasteiger charge is -2.05. The number of benzene rings is 4. The molecule has 2 heteroatoms. The van der Waals surface area contributed by atoms with Crippen LogP contribution in [0.1, 0.15) is 53.1 Å². The molecule has 168 valence electrons. The maximum atomic E-state index is 14.7. The van der Waals surface area contributed by atoms with E-state index in [1.54, 1.807) is 31.2 Å². The van der Waals surface area contributed by atoms with Crippen LogP contribution in [0.4, 0.5) is 8.78 Å². The van der Waals surface area contributed by atoms with Crippen LogP contribution in [0.2, 0.25) is 0 Å². The predicted octanol–water partition coefficient (Wildman–Crippen LogP) is 8.25. The van der Waals surface area contributed by atoms with E-state index >= 15 is 0 Å². The number of hydrogen-bond acceptors (Lipinski definition) is 0. The Morgan fingerprint density at radius 2 is 1.44 bits per heavy atom. The van der Waals surface area contributed by atoms with E-state index in [-0.39, 0.29) is 5.82 Å². The van der Waals surface area contributed by atoms with Gasteiger partial charge in [0.05, 0.1) is 5.56 Å². The van der Waals surface area contributed by atoms with Gasteiger partial charge in [-0.25, -0.2) is 8.78 Å². The summed E-state index contributed by atoms with van der Waals surface area (Å²) in [5.41, 5.74) is 9.69. The summed E-state index contributed by atoms with van der Waals surface area (Å²) >= 11 is 0. The Morgan fingerprint density at radius 1 is 0.735 bits per heavy atom. The lowest BCUT2D eigenvalue weighted by atomic mass is 10.0. The fourth-order valence-electron chi connectivity index (χ4n) is 4.59. The van der Waals surface area contributed by atoms with Crippen LogP contribution in [0.5, 0.6) is 0 Å². The van der Waals surface area contributed by atoms with Gasteiger partial charge in [0.2, 0.25) is 0 Å². The van der Waals surface area contributed by atoms with Crippen molar-refractivity contribution in [1.82, 2.24) is 0 Å². The summed E-state index contributed by atoms with van der Waals surface area (Å²) in [6.45, 7) is 3.93. The maximum absolute atomic E-state index is 14.7. The number of rotatable bonds is 4. The van der Waals surface area contributed by atoms with Crippen molar-refractivity contribution in [3.05, 3.63) is 118 Å². The first-order chi connectivity index (χ1) is 16.5. The van der Waals surface area contributed by atoms with E-state index < -0.39 is 5.82 Å². The molecule has 4 aromatic carbocycles. The van der Waals surface area contributed by atoms with Crippen molar-refractivity contribution < 1.29 is 8.78 Å². The third-order valence-corrected chi connectivity index (χ3v) is 6.58. The third kappa shape index (κ3) is 4.39. The molecule has 0 atom stereocenters. The van der Waals surface area contributed by atoms with Crippen LogP contribution >= 0.6 is 0 Å². The van der Waals surface area contributed by atoms with E-state index in [1.807, 2.05) is 6.07 Å². The highest BCUT2D eigenvalue weighted by Gasteiger charge is 2.18. The van der Waals surface area contributed by atoms with Crippen LogP contribution in [0, 0.1) is 30.4 Å². The molecule has 4 aromatic rings. The van der Waals surface area contributed by atoms with E-state index in [0.29, 0.717) is 22.3 Å². The predicted molar refractivity (Wildman–Crippen MR) is 136 cm³/mol. The van der Waals surface area contributed by atoms with Gasteiger partial charge in [-0.15, -0.1) is 0 Å². The minimum Gasteiger partial charge on any atom is -0.207 e. The summed E-state index contributed by atoms with van der Waals surface area (Å²) in [7, 11) is 0. The van der Waals surface area contributed by atoms with Gasteiger partial charge in [-0.2, -0.15) is 0 Å². The number of aryl methyl sites for hydroxylation is 2. The Labute approximate surface area is 200 Å². The lowest BCUT2D eigenvalue weighted by Crippen LogP contribution is -1.89. The molecule has 0 heterocycles. The van der Waals surface area contributed by atoms with E-state index in [4.69, 9.17) is 0 Å². The molecule has 1 aliphatic rings. The highest BCUT2D eigenvalue weighted by atomic mass is 19.1. The monoisotopic (exact) mass is 448 g/mol. The number of fused-ring (bicyclic) bond motifs is 3. The van der Waals surface area contributed by atoms with Crippen molar-refractivity contribution in [3.8, 4) is 34.1 Å². The van der Waals surface area contributed by atoms with Crippen LogP contribution in [0.15, 0.2) is 72.8 Å². The molecule has 0 aliphatic heterocycles. The molecule has 0 aromatic heterocycles. The minimum atomic E-state index is -0.404. The third-order valence-electron chi connectivity index (χ3n) is 6.58. The highest BCUT2D eigenvalue weighted by molar-refractivity contribution is 5.78. The van der Waals surface area contributed by atoms with Gasteiger partial charge < -0.3 is 0 Å². The molecule has 0 saturated heterocycles. The van der Waals surface area contributed by atoms with Crippen LogP contribution in [0.25, 0.3) is 22.3 Å². The normalized spacial score (nSPS) is 11.5. The fourth-order valence-corrected chi connectivity index (χ4v) is 4.59. The summed E-state index contributed by atoms with van der Waals surface area (Å²) in [6, 6.07) is 22.9. The molecule has 0 fully saturated rings. The number of hydrogen-bond donors (Lipinski definition) is 0. The zero-order valence-electron chi connectivity index (χ0n) is 19.5. The van der Waals surface area contributed by atoms with Gasteiger partial charge in [0.25, 0.3) is 0 Å². The first-order valence-corrected chi connectivity index (χ1v) is 11.8. The van der Waals surface area contributed by atoms with Gasteiger partial charge in [0.15, 0.2) is 0 Å². The lowest BCUT2D eigenvalue weighted by molar-refractivity contribution is 0.618. The molecule has 0 amide bonds. The first-order valence-electron chi connectivity index (χ1n) is 11.8. The Kier molecular flexibility index (Phi) is 6.03. The molecule has 34 heavy (non-hydrogen) atoms. The van der Waals surface area contributed by atoms with E-state index in [1.165, 1.54) is 52.8 Å². The van der Waals surface area contributed by atoms with Gasteiger partial charge in [-0.1, -0.05) is 67.6 Å². The Balaban J connectivity index is 1.37. The number of halogens is 2. The Hall–Kier alpha value is -3.70. The molecule has 0 bridgehead atoms. The zero-order chi connectivity index (χ0) is 23.7. The van der Waals surface area contributed by atoms with E-state index in [9.17, 15) is 8.78 Å². The second kappa shape index (κ2) is 9.27. The smallest absolute Gasteiger partial charge is 0.139 e. The first kappa shape index (κ1) is 22.1. The molecule has 0 nitrogen and oxygen atoms in total. The van der Waals surface area contributed by atoms with Crippen molar-refractivity contribution in [2.45, 2.75) is 39.5 Å². The molecular weight excluding hydrogens is 422 g/mol. The number of unbranched alkanes of at least 4 members (excludes halogenated alkanes) is 1. The molecule has 1 aliphatic carbocycles. The second-order valence-corrected chi connectivity index (χ2v) is 9.05. The van der Waals surface area contributed by atoms with E-state index in [0.717, 1.165) is 18.4 Å². The van der Waals surface area contributed by atoms with Gasteiger partial charge in [0, 0.05) is 5.56 Å². The zero-order valence-corrected chi connectivity index (χ0v) is 19.5.